The first-order valence-corrected chi connectivity index (χ1v) is 4.12. The number of hydrogen-bond donors (Lipinski definition) is 0. The van der Waals surface area contributed by atoms with E-state index in [1.807, 2.05) is 0 Å². The van der Waals surface area contributed by atoms with Gasteiger partial charge >= 0.3 is 12.3 Å². The summed E-state index contributed by atoms with van der Waals surface area (Å²) in [7, 11) is 0. The van der Waals surface area contributed by atoms with Crippen LogP contribution in [0.15, 0.2) is 0 Å². The van der Waals surface area contributed by atoms with Crippen molar-refractivity contribution in [2.45, 2.75) is 40.0 Å². The summed E-state index contributed by atoms with van der Waals surface area (Å²) in [6, 6.07) is 0. The first-order chi connectivity index (χ1) is 6.14. The van der Waals surface area contributed by atoms with Crippen LogP contribution in [-0.2, 0) is 19.2 Å². The molecule has 0 fully saturated rings. The average molecular weight is 188 g/mol. The minimum absolute atomic E-state index is 0.250. The van der Waals surface area contributed by atoms with E-state index in [4.69, 9.17) is 19.2 Å². The topological polar surface area (TPSA) is 68.3 Å². The second kappa shape index (κ2) is 22.4. The maximum atomic E-state index is 8.12. The third kappa shape index (κ3) is 58.4. The van der Waals surface area contributed by atoms with Gasteiger partial charge in [-0.05, 0) is 5.92 Å². The molecule has 1 unspecified atom stereocenters. The summed E-state index contributed by atoms with van der Waals surface area (Å²) >= 11 is 0. The van der Waals surface area contributed by atoms with Crippen LogP contribution in [0.1, 0.15) is 40.0 Å². The van der Waals surface area contributed by atoms with E-state index in [-0.39, 0.29) is 12.3 Å². The molecule has 13 heavy (non-hydrogen) atoms. The maximum absolute atomic E-state index is 8.12. The van der Waals surface area contributed by atoms with Crippen LogP contribution in [0.5, 0.6) is 0 Å². The van der Waals surface area contributed by atoms with Crippen LogP contribution in [0, 0.1) is 5.92 Å². The molecule has 0 aromatic carbocycles. The van der Waals surface area contributed by atoms with Gasteiger partial charge in [0.25, 0.3) is 0 Å². The molecule has 0 heterocycles. The van der Waals surface area contributed by atoms with E-state index in [1.165, 1.54) is 19.3 Å². The SMILES string of the molecule is CCCC(C)CC.O=C=O.O=C=O. The summed E-state index contributed by atoms with van der Waals surface area (Å²) in [5.41, 5.74) is 0. The van der Waals surface area contributed by atoms with Crippen LogP contribution in [0.4, 0.5) is 0 Å². The molecule has 4 nitrogen and oxygen atoms in total. The van der Waals surface area contributed by atoms with Crippen molar-refractivity contribution in [2.75, 3.05) is 0 Å². The van der Waals surface area contributed by atoms with Crippen LogP contribution < -0.4 is 0 Å². The number of carbonyl (C=O) groups excluding carboxylic acids is 4. The molecule has 0 saturated carbocycles. The lowest BCUT2D eigenvalue weighted by atomic mass is 10.0. The van der Waals surface area contributed by atoms with E-state index in [0.717, 1.165) is 5.92 Å². The first-order valence-electron chi connectivity index (χ1n) is 4.12. The Balaban J connectivity index is -0.000000140. The van der Waals surface area contributed by atoms with Gasteiger partial charge in [0.15, 0.2) is 0 Å². The molecular formula is C9H16O4. The highest BCUT2D eigenvalue weighted by atomic mass is 16.2. The molecule has 0 spiro atoms. The highest BCUT2D eigenvalue weighted by molar-refractivity contribution is 5.20. The predicted molar refractivity (Wildman–Crippen MR) is 44.4 cm³/mol. The van der Waals surface area contributed by atoms with Crippen LogP contribution in [0.25, 0.3) is 0 Å². The van der Waals surface area contributed by atoms with Crippen molar-refractivity contribution in [3.8, 4) is 0 Å². The molecule has 0 aromatic heterocycles. The lowest BCUT2D eigenvalue weighted by Gasteiger charge is -2.02. The average Bonchev–Trinajstić information content (AvgIpc) is 2.07. The van der Waals surface area contributed by atoms with Crippen LogP contribution in [0.3, 0.4) is 0 Å². The van der Waals surface area contributed by atoms with E-state index in [2.05, 4.69) is 20.8 Å². The van der Waals surface area contributed by atoms with E-state index in [1.54, 1.807) is 0 Å². The summed E-state index contributed by atoms with van der Waals surface area (Å²) in [5, 5.41) is 0. The van der Waals surface area contributed by atoms with Crippen molar-refractivity contribution in [1.29, 1.82) is 0 Å². The monoisotopic (exact) mass is 188 g/mol. The minimum Gasteiger partial charge on any atom is -0.186 e. The number of hydrogen-bond acceptors (Lipinski definition) is 4. The normalized spacial score (nSPS) is 8.85. The lowest BCUT2D eigenvalue weighted by molar-refractivity contribution is -0.193. The van der Waals surface area contributed by atoms with Crippen molar-refractivity contribution in [1.82, 2.24) is 0 Å². The van der Waals surface area contributed by atoms with E-state index < -0.39 is 0 Å². The molecule has 76 valence electrons. The van der Waals surface area contributed by atoms with Gasteiger partial charge < -0.3 is 0 Å². The van der Waals surface area contributed by atoms with Gasteiger partial charge in [-0.3, -0.25) is 0 Å². The standard InChI is InChI=1S/C7H16.2CO2/c1-4-6-7(3)5-2;2*2-1-3/h7H,4-6H2,1-3H3;;. The Labute approximate surface area is 78.3 Å². The van der Waals surface area contributed by atoms with Crippen molar-refractivity contribution in [2.24, 2.45) is 5.92 Å². The fourth-order valence-corrected chi connectivity index (χ4v) is 0.697. The minimum atomic E-state index is 0.250. The Hall–Kier alpha value is -1.24. The van der Waals surface area contributed by atoms with Crippen molar-refractivity contribution in [3.05, 3.63) is 0 Å². The van der Waals surface area contributed by atoms with Gasteiger partial charge in [-0.25, -0.2) is 0 Å². The smallest absolute Gasteiger partial charge is 0.186 e. The molecule has 0 N–H and O–H groups in total. The van der Waals surface area contributed by atoms with E-state index in [9.17, 15) is 0 Å². The fraction of sp³-hybridized carbons (Fsp3) is 0.778. The quantitative estimate of drug-likeness (QED) is 0.675. The van der Waals surface area contributed by atoms with Crippen molar-refractivity contribution >= 4 is 12.3 Å². The fourth-order valence-electron chi connectivity index (χ4n) is 0.697. The Morgan fingerprint density at radius 1 is 1.00 bits per heavy atom. The molecule has 0 aliphatic heterocycles. The van der Waals surface area contributed by atoms with Gasteiger partial charge in [-0.2, -0.15) is 19.2 Å². The molecule has 0 aromatic rings. The zero-order valence-corrected chi connectivity index (χ0v) is 8.33. The Morgan fingerprint density at radius 3 is 1.38 bits per heavy atom. The number of rotatable bonds is 3. The van der Waals surface area contributed by atoms with Crippen molar-refractivity contribution in [3.63, 3.8) is 0 Å². The van der Waals surface area contributed by atoms with Gasteiger partial charge in [0.2, 0.25) is 0 Å². The summed E-state index contributed by atoms with van der Waals surface area (Å²) in [5.74, 6) is 0.949. The second-order valence-corrected chi connectivity index (χ2v) is 2.47. The molecule has 0 bridgehead atoms. The third-order valence-electron chi connectivity index (χ3n) is 1.48. The molecule has 0 saturated heterocycles. The molecule has 0 aliphatic carbocycles. The lowest BCUT2D eigenvalue weighted by Crippen LogP contribution is -1.88. The van der Waals surface area contributed by atoms with E-state index in [0.29, 0.717) is 0 Å². The molecule has 4 heteroatoms. The Morgan fingerprint density at radius 2 is 1.31 bits per heavy atom. The Bertz CT molecular complexity index is 130. The zero-order chi connectivity index (χ0) is 11.1. The summed E-state index contributed by atoms with van der Waals surface area (Å²) in [6.07, 6.45) is 4.58. The van der Waals surface area contributed by atoms with Crippen LogP contribution >= 0.6 is 0 Å². The molecular weight excluding hydrogens is 172 g/mol. The second-order valence-electron chi connectivity index (χ2n) is 2.47. The zero-order valence-electron chi connectivity index (χ0n) is 8.33. The molecule has 1 atom stereocenters. The van der Waals surface area contributed by atoms with Gasteiger partial charge in [0, 0.05) is 0 Å². The third-order valence-corrected chi connectivity index (χ3v) is 1.48. The van der Waals surface area contributed by atoms with Gasteiger partial charge in [0.1, 0.15) is 0 Å². The van der Waals surface area contributed by atoms with Crippen LogP contribution in [0.2, 0.25) is 0 Å². The van der Waals surface area contributed by atoms with Gasteiger partial charge in [0.05, 0.1) is 0 Å². The van der Waals surface area contributed by atoms with Gasteiger partial charge in [-0.1, -0.05) is 40.0 Å². The van der Waals surface area contributed by atoms with E-state index >= 15 is 0 Å². The summed E-state index contributed by atoms with van der Waals surface area (Å²) in [4.78, 5) is 32.5. The molecule has 0 radical (unpaired) electrons. The molecule has 0 aliphatic rings. The molecule has 0 rings (SSSR count). The highest BCUT2D eigenvalue weighted by Gasteiger charge is 1.92. The molecule has 0 amide bonds. The maximum Gasteiger partial charge on any atom is 0.373 e. The van der Waals surface area contributed by atoms with Crippen molar-refractivity contribution < 1.29 is 19.2 Å². The summed E-state index contributed by atoms with van der Waals surface area (Å²) in [6.45, 7) is 6.80. The van der Waals surface area contributed by atoms with Crippen LogP contribution in [-0.4, -0.2) is 12.3 Å². The largest absolute Gasteiger partial charge is 0.373 e. The van der Waals surface area contributed by atoms with Gasteiger partial charge in [-0.15, -0.1) is 0 Å². The Kier molecular flexibility index (Phi) is 30.6. The first kappa shape index (κ1) is 17.7. The predicted octanol–water partition coefficient (Wildman–Crippen LogP) is 1.67. The summed E-state index contributed by atoms with van der Waals surface area (Å²) < 4.78 is 0. The highest BCUT2D eigenvalue weighted by Crippen LogP contribution is 2.07.